The second kappa shape index (κ2) is 8.02. The van der Waals surface area contributed by atoms with Gasteiger partial charge in [-0.3, -0.25) is 9.59 Å². The maximum Gasteiger partial charge on any atom is 0.231 e. The number of carbonyl (C=O) groups excluding carboxylic acids is 2. The lowest BCUT2D eigenvalue weighted by molar-refractivity contribution is -0.129. The van der Waals surface area contributed by atoms with E-state index in [0.717, 1.165) is 17.8 Å². The topological polar surface area (TPSA) is 84.4 Å². The predicted octanol–water partition coefficient (Wildman–Crippen LogP) is 1.85. The first kappa shape index (κ1) is 17.3. The number of likely N-dealkylation sites (tertiary alicyclic amines) is 1. The summed E-state index contributed by atoms with van der Waals surface area (Å²) >= 11 is 1.36. The molecule has 7 nitrogen and oxygen atoms in total. The van der Waals surface area contributed by atoms with Crippen molar-refractivity contribution >= 4 is 28.3 Å². The lowest BCUT2D eigenvalue weighted by atomic mass is 10.1. The molecule has 1 aromatic heterocycles. The van der Waals surface area contributed by atoms with E-state index in [2.05, 4.69) is 15.5 Å². The number of ether oxygens (including phenoxy) is 1. The van der Waals surface area contributed by atoms with Crippen molar-refractivity contribution in [1.29, 1.82) is 0 Å². The van der Waals surface area contributed by atoms with Gasteiger partial charge in [0.15, 0.2) is 0 Å². The number of anilines is 1. The van der Waals surface area contributed by atoms with Crippen molar-refractivity contribution in [2.24, 2.45) is 5.92 Å². The molecule has 8 heteroatoms. The van der Waals surface area contributed by atoms with Crippen LogP contribution in [0.25, 0.3) is 0 Å². The van der Waals surface area contributed by atoms with Crippen molar-refractivity contribution < 1.29 is 14.3 Å². The second-order valence-electron chi connectivity index (χ2n) is 6.32. The molecule has 2 fully saturated rings. The summed E-state index contributed by atoms with van der Waals surface area (Å²) in [6, 6.07) is 0.335. The Hall–Kier alpha value is -1.54. The Morgan fingerprint density at radius 1 is 1.38 bits per heavy atom. The number of nitrogens with zero attached hydrogens (tertiary/aromatic N) is 3. The van der Waals surface area contributed by atoms with E-state index in [1.807, 2.05) is 11.8 Å². The van der Waals surface area contributed by atoms with Crippen LogP contribution in [0.2, 0.25) is 0 Å². The van der Waals surface area contributed by atoms with E-state index in [4.69, 9.17) is 4.74 Å². The minimum atomic E-state index is -0.283. The van der Waals surface area contributed by atoms with Crippen LogP contribution in [-0.4, -0.2) is 52.7 Å². The van der Waals surface area contributed by atoms with E-state index in [0.29, 0.717) is 43.8 Å². The maximum absolute atomic E-state index is 12.4. The number of hydrogen-bond acceptors (Lipinski definition) is 6. The monoisotopic (exact) mass is 352 g/mol. The molecule has 2 amide bonds. The van der Waals surface area contributed by atoms with Crippen LogP contribution in [0.3, 0.4) is 0 Å². The van der Waals surface area contributed by atoms with E-state index >= 15 is 0 Å². The van der Waals surface area contributed by atoms with E-state index in [9.17, 15) is 9.59 Å². The average molecular weight is 352 g/mol. The molecule has 24 heavy (non-hydrogen) atoms. The van der Waals surface area contributed by atoms with Gasteiger partial charge in [-0.05, 0) is 19.8 Å². The Labute approximate surface area is 145 Å². The molecule has 0 aromatic carbocycles. The van der Waals surface area contributed by atoms with Gasteiger partial charge in [-0.1, -0.05) is 24.2 Å². The molecule has 1 aliphatic carbocycles. The number of carbonyl (C=O) groups is 2. The fourth-order valence-corrected chi connectivity index (χ4v) is 4.12. The largest absolute Gasteiger partial charge is 0.381 e. The Morgan fingerprint density at radius 2 is 2.17 bits per heavy atom. The summed E-state index contributed by atoms with van der Waals surface area (Å²) < 4.78 is 5.29. The third-order valence-electron chi connectivity index (χ3n) is 4.66. The highest BCUT2D eigenvalue weighted by molar-refractivity contribution is 7.15. The highest BCUT2D eigenvalue weighted by Gasteiger charge is 2.38. The Kier molecular flexibility index (Phi) is 5.78. The fourth-order valence-electron chi connectivity index (χ4n) is 3.39. The molecule has 1 aliphatic heterocycles. The fraction of sp³-hybridized carbons (Fsp3) is 0.750. The van der Waals surface area contributed by atoms with Gasteiger partial charge in [-0.2, -0.15) is 0 Å². The van der Waals surface area contributed by atoms with Crippen molar-refractivity contribution in [3.05, 3.63) is 5.01 Å². The summed E-state index contributed by atoms with van der Waals surface area (Å²) in [5.41, 5.74) is 0. The molecule has 0 radical (unpaired) electrons. The van der Waals surface area contributed by atoms with Crippen LogP contribution in [0.1, 0.15) is 44.0 Å². The predicted molar refractivity (Wildman–Crippen MR) is 90.8 cm³/mol. The Bertz CT molecular complexity index is 586. The molecule has 132 valence electrons. The van der Waals surface area contributed by atoms with Gasteiger partial charge >= 0.3 is 0 Å². The highest BCUT2D eigenvalue weighted by atomic mass is 32.1. The third kappa shape index (κ3) is 4.10. The van der Waals surface area contributed by atoms with Crippen LogP contribution in [-0.2, 0) is 20.7 Å². The number of amides is 2. The van der Waals surface area contributed by atoms with E-state index in [1.54, 1.807) is 0 Å². The zero-order valence-corrected chi connectivity index (χ0v) is 14.8. The van der Waals surface area contributed by atoms with Crippen LogP contribution in [0.5, 0.6) is 0 Å². The van der Waals surface area contributed by atoms with Gasteiger partial charge in [0.1, 0.15) is 5.01 Å². The van der Waals surface area contributed by atoms with Crippen LogP contribution in [0.15, 0.2) is 0 Å². The molecular formula is C16H24N4O3S. The summed E-state index contributed by atoms with van der Waals surface area (Å²) in [5, 5.41) is 12.2. The summed E-state index contributed by atoms with van der Waals surface area (Å²) in [6.45, 7) is 3.76. The molecule has 1 aromatic rings. The molecule has 0 bridgehead atoms. The first-order valence-corrected chi connectivity index (χ1v) is 9.49. The molecule has 2 aliphatic rings. The van der Waals surface area contributed by atoms with Crippen molar-refractivity contribution in [3.63, 3.8) is 0 Å². The van der Waals surface area contributed by atoms with Gasteiger partial charge < -0.3 is 15.0 Å². The molecule has 1 saturated carbocycles. The molecule has 1 saturated heterocycles. The van der Waals surface area contributed by atoms with E-state index in [1.165, 1.54) is 24.2 Å². The Morgan fingerprint density at radius 3 is 2.92 bits per heavy atom. The van der Waals surface area contributed by atoms with Gasteiger partial charge in [0.2, 0.25) is 16.9 Å². The summed E-state index contributed by atoms with van der Waals surface area (Å²) in [6.07, 6.45) is 5.50. The van der Waals surface area contributed by atoms with Crippen molar-refractivity contribution in [1.82, 2.24) is 15.1 Å². The summed E-state index contributed by atoms with van der Waals surface area (Å²) in [7, 11) is 0. The Balaban J connectivity index is 1.51. The smallest absolute Gasteiger partial charge is 0.231 e. The first-order valence-electron chi connectivity index (χ1n) is 8.67. The van der Waals surface area contributed by atoms with Gasteiger partial charge in [-0.25, -0.2) is 0 Å². The molecule has 2 heterocycles. The number of rotatable bonds is 7. The minimum absolute atomic E-state index is 0.108. The number of nitrogens with one attached hydrogen (secondary N) is 1. The van der Waals surface area contributed by atoms with E-state index < -0.39 is 0 Å². The highest BCUT2D eigenvalue weighted by Crippen LogP contribution is 2.30. The van der Waals surface area contributed by atoms with E-state index in [-0.39, 0.29) is 17.7 Å². The van der Waals surface area contributed by atoms with Gasteiger partial charge in [0.25, 0.3) is 0 Å². The van der Waals surface area contributed by atoms with Crippen LogP contribution in [0, 0.1) is 5.92 Å². The van der Waals surface area contributed by atoms with Crippen LogP contribution in [0.4, 0.5) is 5.13 Å². The molecule has 1 N–H and O–H groups in total. The van der Waals surface area contributed by atoms with Gasteiger partial charge in [0.05, 0.1) is 12.5 Å². The molecule has 0 unspecified atom stereocenters. The maximum atomic E-state index is 12.4. The van der Waals surface area contributed by atoms with Gasteiger partial charge in [0, 0.05) is 32.0 Å². The lowest BCUT2D eigenvalue weighted by Crippen LogP contribution is -2.35. The summed E-state index contributed by atoms with van der Waals surface area (Å²) in [4.78, 5) is 26.5. The zero-order chi connectivity index (χ0) is 16.9. The number of hydrogen-bond donors (Lipinski definition) is 1. The standard InChI is InChI=1S/C16H24N4O3S/c1-2-23-8-7-13-18-19-16(24-13)17-15(22)11-9-14(21)20(10-11)12-5-3-4-6-12/h11-12H,2-10H2,1H3,(H,17,19,22)/t11-/m1/s1. The molecule has 1 atom stereocenters. The SMILES string of the molecule is CCOCCc1nnc(NC(=O)[C@@H]2CC(=O)N(C3CCCC3)C2)s1. The molecule has 0 spiro atoms. The average Bonchev–Trinajstić information content (AvgIpc) is 3.28. The van der Waals surface area contributed by atoms with Crippen LogP contribution < -0.4 is 5.32 Å². The molecular weight excluding hydrogens is 328 g/mol. The lowest BCUT2D eigenvalue weighted by Gasteiger charge is -2.23. The quantitative estimate of drug-likeness (QED) is 0.757. The van der Waals surface area contributed by atoms with Crippen LogP contribution >= 0.6 is 11.3 Å². The molecule has 3 rings (SSSR count). The number of aromatic nitrogens is 2. The minimum Gasteiger partial charge on any atom is -0.381 e. The van der Waals surface area contributed by atoms with Gasteiger partial charge in [-0.15, -0.1) is 10.2 Å². The third-order valence-corrected chi connectivity index (χ3v) is 5.55. The van der Waals surface area contributed by atoms with Crippen molar-refractivity contribution in [2.75, 3.05) is 25.1 Å². The van der Waals surface area contributed by atoms with Crippen molar-refractivity contribution in [2.45, 2.75) is 51.5 Å². The second-order valence-corrected chi connectivity index (χ2v) is 7.38. The van der Waals surface area contributed by atoms with Crippen molar-refractivity contribution in [3.8, 4) is 0 Å². The zero-order valence-electron chi connectivity index (χ0n) is 14.0. The normalized spacial score (nSPS) is 21.6. The summed E-state index contributed by atoms with van der Waals surface area (Å²) in [5.74, 6) is -0.304. The first-order chi connectivity index (χ1) is 11.7.